The lowest BCUT2D eigenvalue weighted by Gasteiger charge is -2.33. The first kappa shape index (κ1) is 25.2. The molecule has 0 atom stereocenters. The number of hydrogen-bond acceptors (Lipinski definition) is 8. The smallest absolute Gasteiger partial charge is 0.161 e. The summed E-state index contributed by atoms with van der Waals surface area (Å²) in [6, 6.07) is 12.1. The molecule has 10 nitrogen and oxygen atoms in total. The summed E-state index contributed by atoms with van der Waals surface area (Å²) in [5, 5.41) is 11.1. The van der Waals surface area contributed by atoms with Crippen LogP contribution in [0.15, 0.2) is 67.4 Å². The number of halogens is 1. The van der Waals surface area contributed by atoms with Crippen molar-refractivity contribution in [2.24, 2.45) is 0 Å². The summed E-state index contributed by atoms with van der Waals surface area (Å²) in [6.07, 6.45) is 8.60. The normalized spacial score (nSPS) is 14.3. The lowest BCUT2D eigenvalue weighted by atomic mass is 10.1. The van der Waals surface area contributed by atoms with E-state index in [2.05, 4.69) is 64.4 Å². The SMILES string of the molecule is CN1CCN(c2cncc3[nH]c(-c4n[nH]c5cnc(-c6cncc(CNCc7ccccc7)c6)c(F)c45)nc23)CC1. The highest BCUT2D eigenvalue weighted by Crippen LogP contribution is 2.34. The summed E-state index contributed by atoms with van der Waals surface area (Å²) in [4.78, 5) is 26.0. The van der Waals surface area contributed by atoms with Crippen molar-refractivity contribution in [2.75, 3.05) is 38.1 Å². The van der Waals surface area contributed by atoms with Gasteiger partial charge in [0.1, 0.15) is 16.9 Å². The van der Waals surface area contributed by atoms with E-state index in [-0.39, 0.29) is 5.69 Å². The fraction of sp³-hybridized carbons (Fsp3) is 0.233. The van der Waals surface area contributed by atoms with Crippen LogP contribution in [0.4, 0.5) is 10.1 Å². The third kappa shape index (κ3) is 4.90. The van der Waals surface area contributed by atoms with Crippen LogP contribution in [0.5, 0.6) is 0 Å². The van der Waals surface area contributed by atoms with E-state index in [1.165, 1.54) is 5.56 Å². The van der Waals surface area contributed by atoms with Crippen LogP contribution in [-0.2, 0) is 13.1 Å². The number of imidazole rings is 1. The maximum Gasteiger partial charge on any atom is 0.161 e. The molecular formula is C30H29FN10. The van der Waals surface area contributed by atoms with Gasteiger partial charge in [-0.3, -0.25) is 20.1 Å². The van der Waals surface area contributed by atoms with E-state index in [0.717, 1.165) is 55.0 Å². The minimum atomic E-state index is -0.472. The predicted molar refractivity (Wildman–Crippen MR) is 157 cm³/mol. The molecule has 0 spiro atoms. The number of rotatable bonds is 7. The van der Waals surface area contributed by atoms with Gasteiger partial charge >= 0.3 is 0 Å². The van der Waals surface area contributed by atoms with Gasteiger partial charge in [-0.05, 0) is 24.2 Å². The predicted octanol–water partition coefficient (Wildman–Crippen LogP) is 4.14. The van der Waals surface area contributed by atoms with Crippen LogP contribution in [-0.4, -0.2) is 73.2 Å². The van der Waals surface area contributed by atoms with E-state index in [9.17, 15) is 0 Å². The van der Waals surface area contributed by atoms with Crippen molar-refractivity contribution in [1.29, 1.82) is 0 Å². The van der Waals surface area contributed by atoms with Crippen LogP contribution < -0.4 is 10.2 Å². The molecule has 0 saturated carbocycles. The van der Waals surface area contributed by atoms with Gasteiger partial charge in [0.25, 0.3) is 0 Å². The third-order valence-electron chi connectivity index (χ3n) is 7.56. The Bertz CT molecular complexity index is 1820. The molecule has 0 bridgehead atoms. The maximum atomic E-state index is 16.2. The summed E-state index contributed by atoms with van der Waals surface area (Å²) in [6.45, 7) is 5.05. The number of likely N-dealkylation sites (N-methyl/N-ethyl adjacent to an activating group) is 1. The van der Waals surface area contributed by atoms with Crippen LogP contribution in [0.25, 0.3) is 44.7 Å². The van der Waals surface area contributed by atoms with Gasteiger partial charge < -0.3 is 20.1 Å². The highest BCUT2D eigenvalue weighted by Gasteiger charge is 2.23. The molecule has 206 valence electrons. The second-order valence-electron chi connectivity index (χ2n) is 10.4. The number of fused-ring (bicyclic) bond motifs is 2. The van der Waals surface area contributed by atoms with Gasteiger partial charge in [0.2, 0.25) is 0 Å². The molecule has 11 heteroatoms. The number of aromatic amines is 2. The van der Waals surface area contributed by atoms with Crippen LogP contribution in [0.2, 0.25) is 0 Å². The van der Waals surface area contributed by atoms with Crippen molar-refractivity contribution in [3.8, 4) is 22.8 Å². The van der Waals surface area contributed by atoms with Crippen molar-refractivity contribution in [3.63, 3.8) is 0 Å². The zero-order valence-electron chi connectivity index (χ0n) is 22.6. The standard InChI is InChI=1S/C30H29FN10/c1-40-7-9-41(10-8-40)24-18-34-16-23-28(24)37-30(36-23)29-25-22(38-39-29)17-35-27(26(25)31)21-11-20(14-33-15-21)13-32-12-19-5-3-2-4-6-19/h2-6,11,14-18,32H,7-10,12-13H2,1H3,(H,36,37)(H,38,39). The first-order valence-corrected chi connectivity index (χ1v) is 13.6. The summed E-state index contributed by atoms with van der Waals surface area (Å²) >= 11 is 0. The van der Waals surface area contributed by atoms with E-state index in [1.807, 2.05) is 30.5 Å². The molecule has 7 rings (SSSR count). The number of anilines is 1. The monoisotopic (exact) mass is 548 g/mol. The lowest BCUT2D eigenvalue weighted by molar-refractivity contribution is 0.313. The Morgan fingerprint density at radius 1 is 0.878 bits per heavy atom. The molecule has 3 N–H and O–H groups in total. The fourth-order valence-corrected chi connectivity index (χ4v) is 5.32. The number of hydrogen-bond donors (Lipinski definition) is 3. The minimum absolute atomic E-state index is 0.216. The number of H-pyrrole nitrogens is 2. The topological polar surface area (TPSA) is 115 Å². The molecule has 0 amide bonds. The number of benzene rings is 1. The van der Waals surface area contributed by atoms with Crippen LogP contribution >= 0.6 is 0 Å². The molecule has 1 fully saturated rings. The molecule has 5 aromatic heterocycles. The summed E-state index contributed by atoms with van der Waals surface area (Å²) < 4.78 is 16.2. The van der Waals surface area contributed by atoms with Gasteiger partial charge in [-0.2, -0.15) is 5.10 Å². The number of nitrogens with one attached hydrogen (secondary N) is 3. The van der Waals surface area contributed by atoms with Gasteiger partial charge in [-0.25, -0.2) is 9.37 Å². The highest BCUT2D eigenvalue weighted by molar-refractivity contribution is 5.97. The average molecular weight is 549 g/mol. The Morgan fingerprint density at radius 3 is 2.54 bits per heavy atom. The number of aromatic nitrogens is 7. The van der Waals surface area contributed by atoms with Crippen molar-refractivity contribution in [3.05, 3.63) is 84.3 Å². The first-order valence-electron chi connectivity index (χ1n) is 13.6. The summed E-state index contributed by atoms with van der Waals surface area (Å²) in [5.74, 6) is 0.00276. The highest BCUT2D eigenvalue weighted by atomic mass is 19.1. The zero-order chi connectivity index (χ0) is 27.8. The van der Waals surface area contributed by atoms with E-state index in [4.69, 9.17) is 4.98 Å². The number of piperazine rings is 1. The number of nitrogens with zero attached hydrogens (tertiary/aromatic N) is 7. The van der Waals surface area contributed by atoms with Crippen LogP contribution in [0.3, 0.4) is 0 Å². The van der Waals surface area contributed by atoms with Gasteiger partial charge in [-0.15, -0.1) is 0 Å². The van der Waals surface area contributed by atoms with Crippen LogP contribution in [0, 0.1) is 5.82 Å². The maximum absolute atomic E-state index is 16.2. The molecule has 41 heavy (non-hydrogen) atoms. The van der Waals surface area contributed by atoms with Gasteiger partial charge in [0, 0.05) is 57.2 Å². The third-order valence-corrected chi connectivity index (χ3v) is 7.56. The molecule has 0 aliphatic carbocycles. The quantitative estimate of drug-likeness (QED) is 0.273. The second kappa shape index (κ2) is 10.7. The first-order chi connectivity index (χ1) is 20.1. The zero-order valence-corrected chi connectivity index (χ0v) is 22.6. The molecule has 1 saturated heterocycles. The largest absolute Gasteiger partial charge is 0.366 e. The molecule has 0 radical (unpaired) electrons. The van der Waals surface area contributed by atoms with Crippen LogP contribution in [0.1, 0.15) is 11.1 Å². The Balaban J connectivity index is 1.20. The van der Waals surface area contributed by atoms with Crippen molar-refractivity contribution in [1.82, 2.24) is 45.3 Å². The van der Waals surface area contributed by atoms with Gasteiger partial charge in [0.05, 0.1) is 40.7 Å². The van der Waals surface area contributed by atoms with Crippen molar-refractivity contribution < 1.29 is 4.39 Å². The second-order valence-corrected chi connectivity index (χ2v) is 10.4. The van der Waals surface area contributed by atoms with Crippen molar-refractivity contribution >= 4 is 27.6 Å². The molecule has 0 unspecified atom stereocenters. The Kier molecular flexibility index (Phi) is 6.57. The molecule has 6 heterocycles. The summed E-state index contributed by atoms with van der Waals surface area (Å²) in [7, 11) is 2.12. The molecular weight excluding hydrogens is 519 g/mol. The van der Waals surface area contributed by atoms with Gasteiger partial charge in [-0.1, -0.05) is 30.3 Å². The molecule has 1 aliphatic rings. The number of pyridine rings is 3. The summed E-state index contributed by atoms with van der Waals surface area (Å²) in [5.41, 5.74) is 6.38. The Morgan fingerprint density at radius 2 is 1.68 bits per heavy atom. The Hall–Kier alpha value is -4.74. The Labute approximate surface area is 235 Å². The average Bonchev–Trinajstić information content (AvgIpc) is 3.63. The van der Waals surface area contributed by atoms with E-state index in [0.29, 0.717) is 34.5 Å². The minimum Gasteiger partial charge on any atom is -0.366 e. The molecule has 6 aromatic rings. The van der Waals surface area contributed by atoms with Gasteiger partial charge in [0.15, 0.2) is 11.6 Å². The van der Waals surface area contributed by atoms with E-state index in [1.54, 1.807) is 24.8 Å². The van der Waals surface area contributed by atoms with Crippen molar-refractivity contribution in [2.45, 2.75) is 13.1 Å². The van der Waals surface area contributed by atoms with E-state index < -0.39 is 5.82 Å². The fourth-order valence-electron chi connectivity index (χ4n) is 5.32. The van der Waals surface area contributed by atoms with E-state index >= 15 is 4.39 Å². The molecule has 1 aliphatic heterocycles. The molecule has 1 aromatic carbocycles. The lowest BCUT2D eigenvalue weighted by Crippen LogP contribution is -2.44.